The van der Waals surface area contributed by atoms with E-state index in [1.807, 2.05) is 0 Å². The molecule has 6 nitrogen and oxygen atoms in total. The van der Waals surface area contributed by atoms with Crippen LogP contribution in [0.3, 0.4) is 0 Å². The van der Waals surface area contributed by atoms with E-state index in [9.17, 15) is 14.4 Å². The predicted molar refractivity (Wildman–Crippen MR) is 283 cm³/mol. The normalized spacial score (nSPS) is 13.0. The van der Waals surface area contributed by atoms with Crippen LogP contribution >= 0.6 is 0 Å². The maximum atomic E-state index is 12.8. The summed E-state index contributed by atoms with van der Waals surface area (Å²) in [5.41, 5.74) is 0. The molecule has 6 heteroatoms. The maximum absolute atomic E-state index is 12.8. The molecule has 0 rings (SSSR count). The van der Waals surface area contributed by atoms with Crippen LogP contribution in [-0.4, -0.2) is 37.2 Å². The number of carbonyl (C=O) groups excluding carboxylic acids is 3. The van der Waals surface area contributed by atoms with E-state index in [1.165, 1.54) is 70.6 Å². The Hall–Kier alpha value is -3.93. The fraction of sp³-hybridized carbons (Fsp3) is 0.650. The molecule has 0 aliphatic heterocycles. The number of esters is 3. The van der Waals surface area contributed by atoms with Crippen LogP contribution < -0.4 is 0 Å². The molecule has 0 spiro atoms. The summed E-state index contributed by atoms with van der Waals surface area (Å²) in [6, 6.07) is 0. The summed E-state index contributed by atoms with van der Waals surface area (Å²) in [5.74, 6) is -1.00. The first-order valence-corrected chi connectivity index (χ1v) is 26.9. The zero-order valence-electron chi connectivity index (χ0n) is 42.7. The van der Waals surface area contributed by atoms with Gasteiger partial charge in [0.15, 0.2) is 6.10 Å². The van der Waals surface area contributed by atoms with Gasteiger partial charge in [-0.25, -0.2) is 0 Å². The van der Waals surface area contributed by atoms with Gasteiger partial charge in [0.1, 0.15) is 13.2 Å². The molecule has 0 aromatic heterocycles. The summed E-state index contributed by atoms with van der Waals surface area (Å²) >= 11 is 0. The molecule has 0 aromatic carbocycles. The highest BCUT2D eigenvalue weighted by Crippen LogP contribution is 2.13. The highest BCUT2D eigenvalue weighted by atomic mass is 16.6. The summed E-state index contributed by atoms with van der Waals surface area (Å²) < 4.78 is 16.7. The molecule has 66 heavy (non-hydrogen) atoms. The standard InChI is InChI=1S/C60H98O6/c1-4-7-10-13-16-19-22-25-27-29-31-32-35-38-41-44-47-50-53-59(62)65-56-57(55-64-58(61)52-49-46-43-40-37-34-24-21-18-15-12-9-6-3)66-60(63)54-51-48-45-42-39-36-33-30-28-26-23-20-17-14-11-8-5-2/h8-9,11-12,15,17-18,20-21,24,26,28,31-33,36,42,45,57H,4-7,10,13-14,16,19,22-23,25,27,29-30,34-35,37-41,43-44,46-56H2,1-3H3/b11-8-,12-9-,18-15-,20-17-,24-21-,28-26-,32-31-,36-33-,45-42-. The van der Waals surface area contributed by atoms with Crippen LogP contribution in [0.15, 0.2) is 109 Å². The van der Waals surface area contributed by atoms with Crippen LogP contribution in [0.5, 0.6) is 0 Å². The number of carbonyl (C=O) groups is 3. The average molecular weight is 915 g/mol. The van der Waals surface area contributed by atoms with E-state index in [0.717, 1.165) is 116 Å². The fourth-order valence-electron chi connectivity index (χ4n) is 7.06. The molecule has 0 heterocycles. The molecule has 0 bridgehead atoms. The Bertz CT molecular complexity index is 1370. The number of unbranched alkanes of at least 4 members (excludes halogenated alkanes) is 20. The third kappa shape index (κ3) is 51.1. The second kappa shape index (κ2) is 53.7. The van der Waals surface area contributed by atoms with Gasteiger partial charge in [0.2, 0.25) is 0 Å². The summed E-state index contributed by atoms with van der Waals surface area (Å²) in [6.07, 6.45) is 72.3. The lowest BCUT2D eigenvalue weighted by Crippen LogP contribution is -2.30. The van der Waals surface area contributed by atoms with Gasteiger partial charge in [0.05, 0.1) is 0 Å². The van der Waals surface area contributed by atoms with Gasteiger partial charge in [-0.1, -0.05) is 220 Å². The summed E-state index contributed by atoms with van der Waals surface area (Å²) in [4.78, 5) is 38.0. The van der Waals surface area contributed by atoms with Gasteiger partial charge < -0.3 is 14.2 Å². The zero-order valence-corrected chi connectivity index (χ0v) is 42.7. The molecule has 374 valence electrons. The molecule has 0 saturated heterocycles. The van der Waals surface area contributed by atoms with Crippen LogP contribution in [0.1, 0.15) is 233 Å². The Balaban J connectivity index is 4.51. The van der Waals surface area contributed by atoms with Crippen LogP contribution in [0.2, 0.25) is 0 Å². The van der Waals surface area contributed by atoms with Crippen molar-refractivity contribution in [3.8, 4) is 0 Å². The predicted octanol–water partition coefficient (Wildman–Crippen LogP) is 17.9. The second-order valence-corrected chi connectivity index (χ2v) is 17.4. The van der Waals surface area contributed by atoms with Gasteiger partial charge in [-0.2, -0.15) is 0 Å². The van der Waals surface area contributed by atoms with Gasteiger partial charge in [-0.15, -0.1) is 0 Å². The summed E-state index contributed by atoms with van der Waals surface area (Å²) in [7, 11) is 0. The van der Waals surface area contributed by atoms with Crippen molar-refractivity contribution in [2.75, 3.05) is 13.2 Å². The average Bonchev–Trinajstić information content (AvgIpc) is 3.31. The number of hydrogen-bond acceptors (Lipinski definition) is 6. The van der Waals surface area contributed by atoms with E-state index in [0.29, 0.717) is 19.3 Å². The highest BCUT2D eigenvalue weighted by Gasteiger charge is 2.19. The van der Waals surface area contributed by atoms with E-state index < -0.39 is 6.10 Å². The Kier molecular flexibility index (Phi) is 50.5. The number of hydrogen-bond donors (Lipinski definition) is 0. The molecule has 0 fully saturated rings. The minimum absolute atomic E-state index is 0.113. The SMILES string of the molecule is CC\C=C/C=C\C=C/CCCCCCCC(=O)OCC(COC(=O)CCCCCCC/C=C\CCCCCCCCCCC)OC(=O)CCC/C=C\C/C=C\C/C=C\C/C=C\C/C=C\CC. The molecule has 0 aliphatic rings. The van der Waals surface area contributed by atoms with Crippen LogP contribution in [-0.2, 0) is 28.6 Å². The van der Waals surface area contributed by atoms with Gasteiger partial charge in [-0.3, -0.25) is 14.4 Å². The quantitative estimate of drug-likeness (QED) is 0.0199. The first kappa shape index (κ1) is 62.1. The van der Waals surface area contributed by atoms with Crippen molar-refractivity contribution < 1.29 is 28.6 Å². The lowest BCUT2D eigenvalue weighted by atomic mass is 10.1. The monoisotopic (exact) mass is 915 g/mol. The van der Waals surface area contributed by atoms with Crippen LogP contribution in [0, 0.1) is 0 Å². The molecule has 0 radical (unpaired) electrons. The molecular formula is C60H98O6. The Morgan fingerprint density at radius 2 is 0.682 bits per heavy atom. The summed E-state index contributed by atoms with van der Waals surface area (Å²) in [6.45, 7) is 6.31. The van der Waals surface area contributed by atoms with Gasteiger partial charge >= 0.3 is 17.9 Å². The minimum Gasteiger partial charge on any atom is -0.462 e. The van der Waals surface area contributed by atoms with Gasteiger partial charge in [0, 0.05) is 19.3 Å². The molecule has 0 N–H and O–H groups in total. The lowest BCUT2D eigenvalue weighted by molar-refractivity contribution is -0.167. The Labute approximate surface area is 406 Å². The second-order valence-electron chi connectivity index (χ2n) is 17.4. The van der Waals surface area contributed by atoms with Crippen molar-refractivity contribution >= 4 is 17.9 Å². The third-order valence-electron chi connectivity index (χ3n) is 11.1. The van der Waals surface area contributed by atoms with Crippen molar-refractivity contribution in [2.45, 2.75) is 239 Å². The third-order valence-corrected chi connectivity index (χ3v) is 11.1. The van der Waals surface area contributed by atoms with Gasteiger partial charge in [-0.05, 0) is 103 Å². The Morgan fingerprint density at radius 3 is 1.15 bits per heavy atom. The molecule has 0 saturated carbocycles. The summed E-state index contributed by atoms with van der Waals surface area (Å²) in [5, 5.41) is 0. The van der Waals surface area contributed by atoms with Crippen molar-refractivity contribution in [2.24, 2.45) is 0 Å². The van der Waals surface area contributed by atoms with Crippen molar-refractivity contribution in [3.63, 3.8) is 0 Å². The van der Waals surface area contributed by atoms with E-state index >= 15 is 0 Å². The molecular weight excluding hydrogens is 817 g/mol. The topological polar surface area (TPSA) is 78.9 Å². The first-order valence-electron chi connectivity index (χ1n) is 26.9. The largest absolute Gasteiger partial charge is 0.462 e. The van der Waals surface area contributed by atoms with E-state index in [1.54, 1.807) is 0 Å². The van der Waals surface area contributed by atoms with Crippen molar-refractivity contribution in [3.05, 3.63) is 109 Å². The van der Waals surface area contributed by atoms with E-state index in [-0.39, 0.29) is 37.5 Å². The van der Waals surface area contributed by atoms with E-state index in [4.69, 9.17) is 14.2 Å². The van der Waals surface area contributed by atoms with Crippen molar-refractivity contribution in [1.82, 2.24) is 0 Å². The lowest BCUT2D eigenvalue weighted by Gasteiger charge is -2.18. The molecule has 1 unspecified atom stereocenters. The highest BCUT2D eigenvalue weighted by molar-refractivity contribution is 5.71. The van der Waals surface area contributed by atoms with Gasteiger partial charge in [0.25, 0.3) is 0 Å². The Morgan fingerprint density at radius 1 is 0.333 bits per heavy atom. The molecule has 0 aliphatic carbocycles. The zero-order chi connectivity index (χ0) is 47.9. The smallest absolute Gasteiger partial charge is 0.306 e. The maximum Gasteiger partial charge on any atom is 0.306 e. The molecule has 0 amide bonds. The fourth-order valence-corrected chi connectivity index (χ4v) is 7.06. The van der Waals surface area contributed by atoms with Crippen molar-refractivity contribution in [1.29, 1.82) is 0 Å². The molecule has 1 atom stereocenters. The van der Waals surface area contributed by atoms with Crippen LogP contribution in [0.25, 0.3) is 0 Å². The van der Waals surface area contributed by atoms with E-state index in [2.05, 4.69) is 130 Å². The minimum atomic E-state index is -0.821. The molecule has 0 aromatic rings. The number of ether oxygens (including phenoxy) is 3. The van der Waals surface area contributed by atoms with Crippen LogP contribution in [0.4, 0.5) is 0 Å². The number of allylic oxidation sites excluding steroid dienone is 18. The first-order chi connectivity index (χ1) is 32.5. The number of rotatable bonds is 47.